The maximum atomic E-state index is 8.66. The predicted octanol–water partition coefficient (Wildman–Crippen LogP) is 1.34. The van der Waals surface area contributed by atoms with Gasteiger partial charge in [-0.2, -0.15) is 5.10 Å². The molecule has 0 atom stereocenters. The van der Waals surface area contributed by atoms with Gasteiger partial charge in [0.05, 0.1) is 0 Å². The van der Waals surface area contributed by atoms with E-state index in [0.29, 0.717) is 11.4 Å². The first-order valence-corrected chi connectivity index (χ1v) is 5.32. The zero-order chi connectivity index (χ0) is 13.0. The molecule has 0 spiro atoms. The van der Waals surface area contributed by atoms with Crippen molar-refractivity contribution in [3.05, 3.63) is 48.2 Å². The Labute approximate surface area is 104 Å². The lowest BCUT2D eigenvalue weighted by Crippen LogP contribution is -2.15. The quantitative estimate of drug-likeness (QED) is 0.367. The third-order valence-corrected chi connectivity index (χ3v) is 2.54. The van der Waals surface area contributed by atoms with Crippen molar-refractivity contribution in [3.8, 4) is 0 Å². The molecular formula is C12H13N5O. The van der Waals surface area contributed by atoms with Crippen LogP contribution >= 0.6 is 0 Å². The number of nitrogens with zero attached hydrogens (tertiary/aromatic N) is 4. The lowest BCUT2D eigenvalue weighted by atomic mass is 10.2. The van der Waals surface area contributed by atoms with Crippen LogP contribution in [0.1, 0.15) is 5.56 Å². The van der Waals surface area contributed by atoms with E-state index in [-0.39, 0.29) is 5.84 Å². The Morgan fingerprint density at radius 1 is 1.33 bits per heavy atom. The summed E-state index contributed by atoms with van der Waals surface area (Å²) >= 11 is 0. The van der Waals surface area contributed by atoms with E-state index in [4.69, 9.17) is 10.9 Å². The molecule has 0 amide bonds. The van der Waals surface area contributed by atoms with Crippen molar-refractivity contribution < 1.29 is 5.21 Å². The van der Waals surface area contributed by atoms with E-state index in [1.807, 2.05) is 42.3 Å². The molecule has 0 fully saturated rings. The fraction of sp³-hybridized carbons (Fsp3) is 0.0833. The Kier molecular flexibility index (Phi) is 3.38. The van der Waals surface area contributed by atoms with Crippen LogP contribution in [-0.4, -0.2) is 28.3 Å². The summed E-state index contributed by atoms with van der Waals surface area (Å²) in [6.45, 7) is 0. The van der Waals surface area contributed by atoms with E-state index in [0.717, 1.165) is 5.69 Å². The molecule has 92 valence electrons. The van der Waals surface area contributed by atoms with Crippen molar-refractivity contribution in [1.29, 1.82) is 0 Å². The molecule has 0 aliphatic carbocycles. The lowest BCUT2D eigenvalue weighted by molar-refractivity contribution is 0.318. The van der Waals surface area contributed by atoms with Gasteiger partial charge in [0.25, 0.3) is 0 Å². The molecule has 3 N–H and O–H groups in total. The van der Waals surface area contributed by atoms with Gasteiger partial charge in [-0.25, -0.2) is 0 Å². The monoisotopic (exact) mass is 243 g/mol. The molecule has 0 saturated carbocycles. The molecule has 0 aliphatic rings. The smallest absolute Gasteiger partial charge is 0.170 e. The summed E-state index contributed by atoms with van der Waals surface area (Å²) < 4.78 is 0. The van der Waals surface area contributed by atoms with Crippen molar-refractivity contribution in [3.63, 3.8) is 0 Å². The Morgan fingerprint density at radius 2 is 2.17 bits per heavy atom. The first-order chi connectivity index (χ1) is 8.72. The first-order valence-electron chi connectivity index (χ1n) is 5.32. The molecule has 0 radical (unpaired) electrons. The predicted molar refractivity (Wildman–Crippen MR) is 69.0 cm³/mol. The number of rotatable bonds is 3. The number of hydrogen-bond donors (Lipinski definition) is 2. The van der Waals surface area contributed by atoms with Crippen LogP contribution in [0.3, 0.4) is 0 Å². The molecule has 0 aliphatic heterocycles. The molecule has 1 heterocycles. The molecule has 6 heteroatoms. The van der Waals surface area contributed by atoms with Crippen LogP contribution in [0.2, 0.25) is 0 Å². The summed E-state index contributed by atoms with van der Waals surface area (Å²) in [6, 6.07) is 11.0. The molecular weight excluding hydrogens is 230 g/mol. The SMILES string of the molecule is CN(c1cccc(C(N)=NO)c1)c1cccnn1. The molecule has 0 saturated heterocycles. The summed E-state index contributed by atoms with van der Waals surface area (Å²) in [4.78, 5) is 1.86. The summed E-state index contributed by atoms with van der Waals surface area (Å²) in [5, 5.41) is 19.5. The van der Waals surface area contributed by atoms with Crippen LogP contribution < -0.4 is 10.6 Å². The largest absolute Gasteiger partial charge is 0.409 e. The summed E-state index contributed by atoms with van der Waals surface area (Å²) in [5.74, 6) is 0.790. The van der Waals surface area contributed by atoms with E-state index in [9.17, 15) is 0 Å². The number of anilines is 2. The highest BCUT2D eigenvalue weighted by atomic mass is 16.4. The van der Waals surface area contributed by atoms with E-state index in [2.05, 4.69) is 15.4 Å². The molecule has 6 nitrogen and oxygen atoms in total. The molecule has 0 unspecified atom stereocenters. The average Bonchev–Trinajstić information content (AvgIpc) is 2.46. The van der Waals surface area contributed by atoms with Crippen LogP contribution in [0, 0.1) is 0 Å². The Morgan fingerprint density at radius 3 is 2.83 bits per heavy atom. The van der Waals surface area contributed by atoms with Crippen LogP contribution in [0.25, 0.3) is 0 Å². The second kappa shape index (κ2) is 5.13. The molecule has 2 rings (SSSR count). The Bertz CT molecular complexity index is 555. The van der Waals surface area contributed by atoms with Gasteiger partial charge in [0.15, 0.2) is 11.7 Å². The van der Waals surface area contributed by atoms with Crippen LogP contribution in [0.4, 0.5) is 11.5 Å². The van der Waals surface area contributed by atoms with Crippen LogP contribution in [-0.2, 0) is 0 Å². The number of aromatic nitrogens is 2. The highest BCUT2D eigenvalue weighted by molar-refractivity contribution is 5.97. The van der Waals surface area contributed by atoms with Crippen molar-refractivity contribution >= 4 is 17.3 Å². The van der Waals surface area contributed by atoms with Gasteiger partial charge in [0.2, 0.25) is 0 Å². The van der Waals surface area contributed by atoms with Gasteiger partial charge >= 0.3 is 0 Å². The van der Waals surface area contributed by atoms with E-state index < -0.39 is 0 Å². The minimum atomic E-state index is 0.0735. The number of hydrogen-bond acceptors (Lipinski definition) is 5. The molecule has 18 heavy (non-hydrogen) atoms. The van der Waals surface area contributed by atoms with Gasteiger partial charge in [0, 0.05) is 24.5 Å². The Hall–Kier alpha value is -2.63. The molecule has 1 aromatic heterocycles. The number of oxime groups is 1. The fourth-order valence-corrected chi connectivity index (χ4v) is 1.54. The second-order valence-electron chi connectivity index (χ2n) is 3.68. The van der Waals surface area contributed by atoms with Gasteiger partial charge in [-0.15, -0.1) is 5.10 Å². The minimum Gasteiger partial charge on any atom is -0.409 e. The van der Waals surface area contributed by atoms with E-state index >= 15 is 0 Å². The number of nitrogens with two attached hydrogens (primary N) is 1. The molecule has 2 aromatic rings. The zero-order valence-corrected chi connectivity index (χ0v) is 9.85. The topological polar surface area (TPSA) is 87.6 Å². The third-order valence-electron chi connectivity index (χ3n) is 2.54. The van der Waals surface area contributed by atoms with Gasteiger partial charge in [-0.3, -0.25) is 0 Å². The standard InChI is InChI=1S/C12H13N5O/c1-17(11-6-3-7-14-15-11)10-5-2-4-9(8-10)12(13)16-18/h2-8,18H,1H3,(H2,13,16). The highest BCUT2D eigenvalue weighted by Gasteiger charge is 2.07. The highest BCUT2D eigenvalue weighted by Crippen LogP contribution is 2.21. The summed E-state index contributed by atoms with van der Waals surface area (Å²) in [5.41, 5.74) is 7.07. The van der Waals surface area contributed by atoms with Gasteiger partial charge in [-0.1, -0.05) is 17.3 Å². The summed E-state index contributed by atoms with van der Waals surface area (Å²) in [7, 11) is 1.87. The second-order valence-corrected chi connectivity index (χ2v) is 3.68. The van der Waals surface area contributed by atoms with Crippen molar-refractivity contribution in [1.82, 2.24) is 10.2 Å². The van der Waals surface area contributed by atoms with Gasteiger partial charge in [-0.05, 0) is 24.3 Å². The van der Waals surface area contributed by atoms with Crippen molar-refractivity contribution in [2.24, 2.45) is 10.9 Å². The maximum absolute atomic E-state index is 8.66. The first kappa shape index (κ1) is 11.8. The molecule has 1 aromatic carbocycles. The average molecular weight is 243 g/mol. The maximum Gasteiger partial charge on any atom is 0.170 e. The summed E-state index contributed by atoms with van der Waals surface area (Å²) in [6.07, 6.45) is 1.62. The van der Waals surface area contributed by atoms with Crippen LogP contribution in [0.5, 0.6) is 0 Å². The fourth-order valence-electron chi connectivity index (χ4n) is 1.54. The zero-order valence-electron chi connectivity index (χ0n) is 9.85. The van der Waals surface area contributed by atoms with Gasteiger partial charge < -0.3 is 15.8 Å². The Balaban J connectivity index is 2.34. The lowest BCUT2D eigenvalue weighted by Gasteiger charge is -2.18. The van der Waals surface area contributed by atoms with E-state index in [1.54, 1.807) is 12.3 Å². The normalized spacial score (nSPS) is 11.3. The number of benzene rings is 1. The number of amidine groups is 1. The van der Waals surface area contributed by atoms with E-state index in [1.165, 1.54) is 0 Å². The van der Waals surface area contributed by atoms with Crippen molar-refractivity contribution in [2.75, 3.05) is 11.9 Å². The minimum absolute atomic E-state index is 0.0735. The van der Waals surface area contributed by atoms with Gasteiger partial charge in [0.1, 0.15) is 0 Å². The third kappa shape index (κ3) is 2.37. The van der Waals surface area contributed by atoms with Crippen molar-refractivity contribution in [2.45, 2.75) is 0 Å². The molecule has 0 bridgehead atoms. The van der Waals surface area contributed by atoms with Crippen LogP contribution in [0.15, 0.2) is 47.8 Å².